The Morgan fingerprint density at radius 1 is 1.07 bits per heavy atom. The number of hydrogen-bond donors (Lipinski definition) is 3. The Morgan fingerprint density at radius 2 is 1.67 bits per heavy atom. The summed E-state index contributed by atoms with van der Waals surface area (Å²) >= 11 is 6.78. The summed E-state index contributed by atoms with van der Waals surface area (Å²) in [5.41, 5.74) is -2.31. The number of halogens is 4. The summed E-state index contributed by atoms with van der Waals surface area (Å²) < 4.78 is 72.7. The van der Waals surface area contributed by atoms with E-state index < -0.39 is 49.5 Å². The number of carbonyl (C=O) groups excluding carboxylic acids is 1. The molecule has 0 atom stereocenters. The molecular weight excluding hydrogens is 607 g/mol. The van der Waals surface area contributed by atoms with E-state index in [4.69, 9.17) is 11.6 Å². The molecule has 2 aromatic rings. The monoisotopic (exact) mass is 647 g/mol. The first-order valence-electron chi connectivity index (χ1n) is 14.3. The molecule has 240 valence electrons. The van der Waals surface area contributed by atoms with Crippen LogP contribution in [-0.2, 0) is 27.4 Å². The van der Waals surface area contributed by atoms with Gasteiger partial charge in [-0.15, -0.1) is 0 Å². The van der Waals surface area contributed by atoms with Crippen molar-refractivity contribution in [3.63, 3.8) is 0 Å². The number of carboxylic acids is 1. The van der Waals surface area contributed by atoms with Crippen LogP contribution in [-0.4, -0.2) is 42.1 Å². The number of amides is 1. The second kappa shape index (κ2) is 12.8. The number of rotatable bonds is 10. The van der Waals surface area contributed by atoms with Crippen LogP contribution in [0.15, 0.2) is 23.1 Å². The maximum absolute atomic E-state index is 14.3. The summed E-state index contributed by atoms with van der Waals surface area (Å²) in [6, 6.07) is 2.93. The molecule has 1 saturated carbocycles. The van der Waals surface area contributed by atoms with E-state index in [-0.39, 0.29) is 35.3 Å². The maximum atomic E-state index is 14.3. The Morgan fingerprint density at radius 3 is 2.21 bits per heavy atom. The molecule has 1 aromatic carbocycles. The molecule has 1 fully saturated rings. The summed E-state index contributed by atoms with van der Waals surface area (Å²) in [4.78, 5) is 23.9. The van der Waals surface area contributed by atoms with Crippen molar-refractivity contribution in [3.05, 3.63) is 45.7 Å². The standard InChI is InChI=1S/C30H41ClF3N3O5S/c1-18-22(16-19-10-8-7-9-11-19)37(25(31)24(18)26(38)35-15-14-29(5,6)27(39)40)20-12-13-23(21(17-20)30(32,33)34)43(41,42)36-28(2,3)4/h12-13,17,19,36H,7-11,14-16H2,1-6H3,(H,35,38)(H,39,40). The van der Waals surface area contributed by atoms with Gasteiger partial charge in [0, 0.05) is 23.5 Å². The minimum atomic E-state index is -5.01. The van der Waals surface area contributed by atoms with Crippen LogP contribution >= 0.6 is 11.6 Å². The molecule has 0 aliphatic heterocycles. The minimum Gasteiger partial charge on any atom is -0.481 e. The first-order valence-corrected chi connectivity index (χ1v) is 16.2. The Bertz CT molecular complexity index is 1470. The Labute approximate surface area is 256 Å². The third-order valence-corrected chi connectivity index (χ3v) is 9.96. The van der Waals surface area contributed by atoms with E-state index in [0.29, 0.717) is 17.7 Å². The summed E-state index contributed by atoms with van der Waals surface area (Å²) in [7, 11) is -4.54. The molecule has 1 aliphatic carbocycles. The molecule has 3 N–H and O–H groups in total. The molecule has 1 aliphatic rings. The van der Waals surface area contributed by atoms with Gasteiger partial charge in [0.05, 0.1) is 21.4 Å². The van der Waals surface area contributed by atoms with Gasteiger partial charge in [0.25, 0.3) is 5.91 Å². The Kier molecular flexibility index (Phi) is 10.4. The van der Waals surface area contributed by atoms with Gasteiger partial charge < -0.3 is 15.0 Å². The SMILES string of the molecule is Cc1c(C(=O)NCCC(C)(C)C(=O)O)c(Cl)n(-c2ccc(S(=O)(=O)NC(C)(C)C)c(C(F)(F)F)c2)c1CC1CCCCC1. The second-order valence-corrected chi connectivity index (χ2v) is 15.0. The largest absolute Gasteiger partial charge is 0.481 e. The van der Waals surface area contributed by atoms with E-state index in [2.05, 4.69) is 10.0 Å². The number of aromatic nitrogens is 1. The Balaban J connectivity index is 2.15. The molecule has 0 saturated heterocycles. The van der Waals surface area contributed by atoms with Crippen LogP contribution in [0.4, 0.5) is 13.2 Å². The van der Waals surface area contributed by atoms with Gasteiger partial charge >= 0.3 is 12.1 Å². The van der Waals surface area contributed by atoms with Gasteiger partial charge in [0.15, 0.2) is 0 Å². The van der Waals surface area contributed by atoms with Crippen molar-refractivity contribution in [1.29, 1.82) is 0 Å². The molecule has 1 heterocycles. The molecule has 0 spiro atoms. The number of nitrogens with zero attached hydrogens (tertiary/aromatic N) is 1. The van der Waals surface area contributed by atoms with E-state index >= 15 is 0 Å². The van der Waals surface area contributed by atoms with Crippen LogP contribution in [0.2, 0.25) is 5.15 Å². The highest BCUT2D eigenvalue weighted by Crippen LogP contribution is 2.39. The van der Waals surface area contributed by atoms with Crippen LogP contribution in [0.1, 0.15) is 100 Å². The second-order valence-electron chi connectivity index (χ2n) is 13.0. The smallest absolute Gasteiger partial charge is 0.417 e. The third kappa shape index (κ3) is 8.33. The number of carbonyl (C=O) groups is 2. The van der Waals surface area contributed by atoms with E-state index in [1.165, 1.54) is 45.3 Å². The molecule has 3 rings (SSSR count). The Hall–Kier alpha value is -2.57. The van der Waals surface area contributed by atoms with Crippen LogP contribution in [0.3, 0.4) is 0 Å². The van der Waals surface area contributed by atoms with Gasteiger partial charge in [-0.2, -0.15) is 13.2 Å². The molecule has 8 nitrogen and oxygen atoms in total. The van der Waals surface area contributed by atoms with Gasteiger partial charge in [-0.1, -0.05) is 43.7 Å². The van der Waals surface area contributed by atoms with Gasteiger partial charge in [-0.3, -0.25) is 9.59 Å². The molecular formula is C30H41ClF3N3O5S. The average Bonchev–Trinajstić information content (AvgIpc) is 3.11. The van der Waals surface area contributed by atoms with E-state index in [0.717, 1.165) is 44.2 Å². The number of benzene rings is 1. The molecule has 1 amide bonds. The lowest BCUT2D eigenvalue weighted by atomic mass is 9.85. The van der Waals surface area contributed by atoms with Crippen molar-refractivity contribution in [2.75, 3.05) is 6.54 Å². The van der Waals surface area contributed by atoms with E-state index in [1.807, 2.05) is 0 Å². The molecule has 43 heavy (non-hydrogen) atoms. The van der Waals surface area contributed by atoms with Crippen LogP contribution in [0, 0.1) is 18.3 Å². The highest BCUT2D eigenvalue weighted by Gasteiger charge is 2.39. The first-order chi connectivity index (χ1) is 19.7. The van der Waals surface area contributed by atoms with Crippen molar-refractivity contribution in [3.8, 4) is 5.69 Å². The zero-order valence-corrected chi connectivity index (χ0v) is 27.0. The fourth-order valence-electron chi connectivity index (χ4n) is 5.39. The van der Waals surface area contributed by atoms with E-state index in [1.54, 1.807) is 6.92 Å². The normalized spacial score (nSPS) is 15.5. The predicted molar refractivity (Wildman–Crippen MR) is 159 cm³/mol. The average molecular weight is 648 g/mol. The van der Waals surface area contributed by atoms with Gasteiger partial charge in [-0.25, -0.2) is 13.1 Å². The molecule has 0 bridgehead atoms. The number of carboxylic acid groups (broad SMARTS) is 1. The number of aliphatic carboxylic acids is 1. The van der Waals surface area contributed by atoms with Gasteiger partial charge in [0.2, 0.25) is 10.0 Å². The number of sulfonamides is 1. The van der Waals surface area contributed by atoms with Crippen molar-refractivity contribution >= 4 is 33.5 Å². The fraction of sp³-hybridized carbons (Fsp3) is 0.600. The minimum absolute atomic E-state index is 0.0213. The highest BCUT2D eigenvalue weighted by molar-refractivity contribution is 7.89. The highest BCUT2D eigenvalue weighted by atomic mass is 35.5. The number of nitrogens with one attached hydrogen (secondary N) is 2. The predicted octanol–water partition coefficient (Wildman–Crippen LogP) is 6.89. The maximum Gasteiger partial charge on any atom is 0.417 e. The quantitative estimate of drug-likeness (QED) is 0.260. The van der Waals surface area contributed by atoms with Crippen LogP contribution < -0.4 is 10.0 Å². The number of alkyl halides is 3. The summed E-state index contributed by atoms with van der Waals surface area (Å²) in [5.74, 6) is -1.35. The lowest BCUT2D eigenvalue weighted by molar-refractivity contribution is -0.147. The lowest BCUT2D eigenvalue weighted by Gasteiger charge is -2.24. The zero-order valence-electron chi connectivity index (χ0n) is 25.4. The van der Waals surface area contributed by atoms with E-state index in [9.17, 15) is 36.3 Å². The van der Waals surface area contributed by atoms with Gasteiger partial charge in [-0.05, 0) is 84.1 Å². The topological polar surface area (TPSA) is 118 Å². The van der Waals surface area contributed by atoms with Gasteiger partial charge in [0.1, 0.15) is 5.15 Å². The molecule has 1 aromatic heterocycles. The van der Waals surface area contributed by atoms with Crippen LogP contribution in [0.5, 0.6) is 0 Å². The fourth-order valence-corrected chi connectivity index (χ4v) is 7.45. The molecule has 0 radical (unpaired) electrons. The summed E-state index contributed by atoms with van der Waals surface area (Å²) in [6.45, 7) is 9.40. The third-order valence-electron chi connectivity index (χ3n) is 7.79. The first kappa shape index (κ1) is 34.9. The van der Waals surface area contributed by atoms with Crippen LogP contribution in [0.25, 0.3) is 5.69 Å². The lowest BCUT2D eigenvalue weighted by Crippen LogP contribution is -2.41. The summed E-state index contributed by atoms with van der Waals surface area (Å²) in [6.07, 6.45) is 0.617. The molecule has 0 unspecified atom stereocenters. The summed E-state index contributed by atoms with van der Waals surface area (Å²) in [5, 5.41) is 12.0. The van der Waals surface area contributed by atoms with Crippen molar-refractivity contribution < 1.29 is 36.3 Å². The van der Waals surface area contributed by atoms with Crippen molar-refractivity contribution in [2.45, 2.75) is 103 Å². The number of hydrogen-bond acceptors (Lipinski definition) is 4. The molecule has 13 heteroatoms. The van der Waals surface area contributed by atoms with Crippen molar-refractivity contribution in [1.82, 2.24) is 14.6 Å². The zero-order chi connectivity index (χ0) is 32.5. The van der Waals surface area contributed by atoms with Crippen molar-refractivity contribution in [2.24, 2.45) is 11.3 Å².